The Hall–Kier alpha value is 0.260. The SMILES string of the molecule is O=[N+]([O-])c1cc(Cl)ccc1S.[Na]. The molecule has 0 aromatic heterocycles. The predicted molar refractivity (Wildman–Crippen MR) is 51.1 cm³/mol. The second-order valence-electron chi connectivity index (χ2n) is 1.89. The van der Waals surface area contributed by atoms with Crippen molar-refractivity contribution >= 4 is 59.5 Å². The third kappa shape index (κ3) is 2.95. The zero-order valence-electron chi connectivity index (χ0n) is 6.32. The van der Waals surface area contributed by atoms with Crippen LogP contribution < -0.4 is 0 Å². The summed E-state index contributed by atoms with van der Waals surface area (Å²) >= 11 is 9.41. The normalized spacial score (nSPS) is 8.83. The van der Waals surface area contributed by atoms with E-state index in [4.69, 9.17) is 11.6 Å². The van der Waals surface area contributed by atoms with E-state index in [2.05, 4.69) is 12.6 Å². The first-order valence-electron chi connectivity index (χ1n) is 2.74. The maximum Gasteiger partial charge on any atom is 0.284 e. The van der Waals surface area contributed by atoms with Crippen molar-refractivity contribution in [3.05, 3.63) is 33.3 Å². The minimum atomic E-state index is -0.520. The molecular weight excluding hydrogens is 209 g/mol. The average Bonchev–Trinajstić information content (AvgIpc) is 1.94. The Kier molecular flexibility index (Phi) is 5.20. The van der Waals surface area contributed by atoms with Crippen molar-refractivity contribution in [2.75, 3.05) is 0 Å². The molecule has 0 aliphatic rings. The summed E-state index contributed by atoms with van der Waals surface area (Å²) < 4.78 is 0. The molecule has 3 nitrogen and oxygen atoms in total. The summed E-state index contributed by atoms with van der Waals surface area (Å²) in [4.78, 5) is 10.1. The molecule has 6 heteroatoms. The van der Waals surface area contributed by atoms with Gasteiger partial charge in [0.05, 0.1) is 9.82 Å². The summed E-state index contributed by atoms with van der Waals surface area (Å²) in [6.45, 7) is 0. The maximum atomic E-state index is 10.3. The predicted octanol–water partition coefficient (Wildman–Crippen LogP) is 2.16. The van der Waals surface area contributed by atoms with Crippen LogP contribution in [0.2, 0.25) is 5.02 Å². The number of thiol groups is 1. The Labute approximate surface area is 102 Å². The summed E-state index contributed by atoms with van der Waals surface area (Å²) in [5, 5.41) is 10.6. The molecule has 0 atom stereocenters. The molecule has 0 N–H and O–H groups in total. The molecule has 1 aromatic rings. The molecule has 0 bridgehead atoms. The minimum absolute atomic E-state index is 0. The number of rotatable bonds is 1. The van der Waals surface area contributed by atoms with Crippen molar-refractivity contribution in [3.63, 3.8) is 0 Å². The standard InChI is InChI=1S/C6H4ClNO2S.Na/c7-4-1-2-6(11)5(3-4)8(9)10;/h1-3,11H;. The van der Waals surface area contributed by atoms with E-state index in [0.717, 1.165) is 0 Å². The number of halogens is 1. The molecule has 1 aromatic carbocycles. The van der Waals surface area contributed by atoms with Crippen LogP contribution in [0.4, 0.5) is 5.69 Å². The smallest absolute Gasteiger partial charge is 0.258 e. The molecule has 1 radical (unpaired) electrons. The Morgan fingerprint density at radius 1 is 1.50 bits per heavy atom. The fourth-order valence-corrected chi connectivity index (χ4v) is 1.03. The van der Waals surface area contributed by atoms with Gasteiger partial charge in [0.1, 0.15) is 0 Å². The number of nitro benzene ring substituents is 1. The van der Waals surface area contributed by atoms with Gasteiger partial charge in [0.25, 0.3) is 5.69 Å². The molecule has 0 unspecified atom stereocenters. The zero-order valence-corrected chi connectivity index (χ0v) is 9.97. The third-order valence-electron chi connectivity index (χ3n) is 1.13. The summed E-state index contributed by atoms with van der Waals surface area (Å²) in [5.41, 5.74) is -0.0687. The molecule has 0 amide bonds. The molecule has 0 saturated heterocycles. The van der Waals surface area contributed by atoms with E-state index < -0.39 is 4.92 Å². The van der Waals surface area contributed by atoms with Crippen molar-refractivity contribution in [3.8, 4) is 0 Å². The molecule has 0 aliphatic heterocycles. The van der Waals surface area contributed by atoms with Gasteiger partial charge in [-0.25, -0.2) is 0 Å². The number of hydrogen-bond donors (Lipinski definition) is 1. The first kappa shape index (κ1) is 12.3. The Balaban J connectivity index is 0.00000121. The first-order valence-corrected chi connectivity index (χ1v) is 3.56. The Morgan fingerprint density at radius 3 is 2.50 bits per heavy atom. The molecule has 0 saturated carbocycles. The van der Waals surface area contributed by atoms with E-state index in [9.17, 15) is 10.1 Å². The van der Waals surface area contributed by atoms with Crippen molar-refractivity contribution in [2.24, 2.45) is 0 Å². The van der Waals surface area contributed by atoms with Crippen LogP contribution in [0, 0.1) is 10.1 Å². The fourth-order valence-electron chi connectivity index (χ4n) is 0.643. The monoisotopic (exact) mass is 212 g/mol. The Morgan fingerprint density at radius 2 is 2.08 bits per heavy atom. The topological polar surface area (TPSA) is 43.1 Å². The van der Waals surface area contributed by atoms with Gasteiger partial charge in [-0.05, 0) is 12.1 Å². The number of hydrogen-bond acceptors (Lipinski definition) is 3. The van der Waals surface area contributed by atoms with Crippen molar-refractivity contribution in [1.82, 2.24) is 0 Å². The molecule has 59 valence electrons. The van der Waals surface area contributed by atoms with Crippen LogP contribution in [0.25, 0.3) is 0 Å². The van der Waals surface area contributed by atoms with Crippen molar-refractivity contribution in [1.29, 1.82) is 0 Å². The van der Waals surface area contributed by atoms with Crippen LogP contribution in [-0.2, 0) is 0 Å². The van der Waals surface area contributed by atoms with Gasteiger partial charge in [0.15, 0.2) is 0 Å². The van der Waals surface area contributed by atoms with Crippen LogP contribution >= 0.6 is 24.2 Å². The van der Waals surface area contributed by atoms with Gasteiger partial charge >= 0.3 is 0 Å². The minimum Gasteiger partial charge on any atom is -0.258 e. The second kappa shape index (κ2) is 5.09. The summed E-state index contributed by atoms with van der Waals surface area (Å²) in [6.07, 6.45) is 0. The molecular formula is C6H4ClNNaO2S. The first-order chi connectivity index (χ1) is 5.11. The van der Waals surface area contributed by atoms with Gasteiger partial charge in [-0.1, -0.05) is 11.6 Å². The molecule has 0 aliphatic carbocycles. The van der Waals surface area contributed by atoms with E-state index >= 15 is 0 Å². The van der Waals surface area contributed by atoms with Crippen LogP contribution in [0.3, 0.4) is 0 Å². The van der Waals surface area contributed by atoms with Gasteiger partial charge in [0.2, 0.25) is 0 Å². The van der Waals surface area contributed by atoms with E-state index in [-0.39, 0.29) is 35.2 Å². The zero-order chi connectivity index (χ0) is 8.43. The third-order valence-corrected chi connectivity index (χ3v) is 1.75. The van der Waals surface area contributed by atoms with Gasteiger partial charge in [-0.2, -0.15) is 0 Å². The van der Waals surface area contributed by atoms with Gasteiger partial charge < -0.3 is 0 Å². The average molecular weight is 213 g/mol. The molecule has 1 rings (SSSR count). The van der Waals surface area contributed by atoms with Crippen LogP contribution in [0.15, 0.2) is 23.1 Å². The maximum absolute atomic E-state index is 10.3. The van der Waals surface area contributed by atoms with Gasteiger partial charge in [-0.15, -0.1) is 12.6 Å². The number of nitrogens with zero attached hydrogens (tertiary/aromatic N) is 1. The summed E-state index contributed by atoms with van der Waals surface area (Å²) in [6, 6.07) is 4.31. The number of benzene rings is 1. The largest absolute Gasteiger partial charge is 0.284 e. The quantitative estimate of drug-likeness (QED) is 0.336. The number of nitro groups is 1. The summed E-state index contributed by atoms with van der Waals surface area (Å²) in [5.74, 6) is 0. The Bertz CT molecular complexity index is 308. The molecule has 0 spiro atoms. The van der Waals surface area contributed by atoms with E-state index in [1.165, 1.54) is 12.1 Å². The fraction of sp³-hybridized carbons (Fsp3) is 0. The van der Waals surface area contributed by atoms with Crippen LogP contribution in [0.1, 0.15) is 0 Å². The van der Waals surface area contributed by atoms with Crippen molar-refractivity contribution in [2.45, 2.75) is 4.90 Å². The molecule has 0 fully saturated rings. The van der Waals surface area contributed by atoms with Gasteiger partial charge in [0, 0.05) is 40.6 Å². The molecule has 12 heavy (non-hydrogen) atoms. The van der Waals surface area contributed by atoms with Crippen LogP contribution in [-0.4, -0.2) is 34.5 Å². The van der Waals surface area contributed by atoms with Crippen molar-refractivity contribution < 1.29 is 4.92 Å². The van der Waals surface area contributed by atoms with E-state index in [1.54, 1.807) is 6.07 Å². The summed E-state index contributed by atoms with van der Waals surface area (Å²) in [7, 11) is 0. The van der Waals surface area contributed by atoms with Crippen LogP contribution in [0.5, 0.6) is 0 Å². The molecule has 0 heterocycles. The second-order valence-corrected chi connectivity index (χ2v) is 2.81. The van der Waals surface area contributed by atoms with E-state index in [0.29, 0.717) is 9.92 Å². The van der Waals surface area contributed by atoms with Gasteiger partial charge in [-0.3, -0.25) is 10.1 Å². The van der Waals surface area contributed by atoms with E-state index in [1.807, 2.05) is 0 Å².